The van der Waals surface area contributed by atoms with Crippen molar-refractivity contribution in [2.75, 3.05) is 38.2 Å². The third-order valence-electron chi connectivity index (χ3n) is 3.57. The number of methoxy groups -OCH3 is 2. The summed E-state index contributed by atoms with van der Waals surface area (Å²) in [5.41, 5.74) is 1.22. The van der Waals surface area contributed by atoms with Crippen LogP contribution in [0.3, 0.4) is 0 Å². The molecule has 0 bridgehead atoms. The van der Waals surface area contributed by atoms with Gasteiger partial charge in [0.25, 0.3) is 0 Å². The van der Waals surface area contributed by atoms with E-state index >= 15 is 0 Å². The van der Waals surface area contributed by atoms with Crippen molar-refractivity contribution >= 4 is 28.9 Å². The molecule has 1 amide bonds. The molecule has 132 valence electrons. The molecule has 0 saturated carbocycles. The summed E-state index contributed by atoms with van der Waals surface area (Å²) >= 11 is 6.05. The Labute approximate surface area is 149 Å². The molecule has 2 aromatic carbocycles. The maximum absolute atomic E-state index is 12.2. The average molecular weight is 365 g/mol. The second kappa shape index (κ2) is 7.40. The van der Waals surface area contributed by atoms with E-state index in [1.165, 1.54) is 14.2 Å². The van der Waals surface area contributed by atoms with E-state index in [4.69, 9.17) is 30.5 Å². The van der Waals surface area contributed by atoms with E-state index in [1.54, 1.807) is 24.3 Å². The number of ether oxygens (including phenoxy) is 4. The van der Waals surface area contributed by atoms with Crippen molar-refractivity contribution in [3.63, 3.8) is 0 Å². The minimum atomic E-state index is -0.250. The van der Waals surface area contributed by atoms with E-state index < -0.39 is 0 Å². The highest BCUT2D eigenvalue weighted by Crippen LogP contribution is 2.36. The van der Waals surface area contributed by atoms with Crippen LogP contribution in [0.15, 0.2) is 30.3 Å². The molecule has 1 heterocycles. The minimum Gasteiger partial charge on any atom is -0.495 e. The number of halogens is 1. The number of carbonyl (C=O) groups excluding carboxylic acids is 1. The number of rotatable bonds is 6. The van der Waals surface area contributed by atoms with E-state index in [1.807, 2.05) is 6.07 Å². The summed E-state index contributed by atoms with van der Waals surface area (Å²) in [6.07, 6.45) is 0. The Balaban J connectivity index is 1.64. The van der Waals surface area contributed by atoms with Crippen molar-refractivity contribution in [1.29, 1.82) is 0 Å². The Bertz CT molecular complexity index is 797. The summed E-state index contributed by atoms with van der Waals surface area (Å²) in [7, 11) is 3.00. The number of hydrogen-bond donors (Lipinski definition) is 2. The SMILES string of the molecule is COc1cc(NC(=O)CNc2ccc3c(c2)OCO3)c(OC)cc1Cl. The Morgan fingerprint density at radius 2 is 1.88 bits per heavy atom. The normalized spacial score (nSPS) is 11.8. The molecule has 8 heteroatoms. The molecule has 2 N–H and O–H groups in total. The summed E-state index contributed by atoms with van der Waals surface area (Å²) in [6, 6.07) is 8.57. The number of carbonyl (C=O) groups is 1. The van der Waals surface area contributed by atoms with E-state index in [0.29, 0.717) is 33.7 Å². The monoisotopic (exact) mass is 364 g/mol. The van der Waals surface area contributed by atoms with Crippen molar-refractivity contribution in [2.24, 2.45) is 0 Å². The first kappa shape index (κ1) is 17.0. The lowest BCUT2D eigenvalue weighted by Crippen LogP contribution is -2.22. The molecule has 3 rings (SSSR count). The van der Waals surface area contributed by atoms with Crippen LogP contribution in [0, 0.1) is 0 Å². The zero-order valence-corrected chi connectivity index (χ0v) is 14.5. The first-order valence-corrected chi connectivity index (χ1v) is 7.83. The van der Waals surface area contributed by atoms with Crippen molar-refractivity contribution in [1.82, 2.24) is 0 Å². The van der Waals surface area contributed by atoms with Gasteiger partial charge in [0.15, 0.2) is 11.5 Å². The lowest BCUT2D eigenvalue weighted by Gasteiger charge is -2.13. The molecule has 1 aliphatic heterocycles. The predicted octanol–water partition coefficient (Wildman–Crippen LogP) is 3.14. The standard InChI is InChI=1S/C17H17ClN2O5/c1-22-14-7-12(15(23-2)6-11(14)18)20-17(21)8-19-10-3-4-13-16(5-10)25-9-24-13/h3-7,19H,8-9H2,1-2H3,(H,20,21). The van der Waals surface area contributed by atoms with Crippen LogP contribution in [0.25, 0.3) is 0 Å². The van der Waals surface area contributed by atoms with Gasteiger partial charge in [0.1, 0.15) is 11.5 Å². The van der Waals surface area contributed by atoms with Crippen molar-refractivity contribution < 1.29 is 23.7 Å². The van der Waals surface area contributed by atoms with E-state index in [0.717, 1.165) is 5.69 Å². The van der Waals surface area contributed by atoms with Crippen LogP contribution in [0.4, 0.5) is 11.4 Å². The van der Waals surface area contributed by atoms with Crippen LogP contribution < -0.4 is 29.6 Å². The third-order valence-corrected chi connectivity index (χ3v) is 3.87. The van der Waals surface area contributed by atoms with Crippen molar-refractivity contribution in [3.8, 4) is 23.0 Å². The van der Waals surface area contributed by atoms with Crippen LogP contribution in [0.1, 0.15) is 0 Å². The minimum absolute atomic E-state index is 0.0632. The van der Waals surface area contributed by atoms with Gasteiger partial charge in [-0.25, -0.2) is 0 Å². The fraction of sp³-hybridized carbons (Fsp3) is 0.235. The summed E-state index contributed by atoms with van der Waals surface area (Å²) in [4.78, 5) is 12.2. The van der Waals surface area contributed by atoms with Gasteiger partial charge in [0, 0.05) is 23.9 Å². The number of hydrogen-bond acceptors (Lipinski definition) is 6. The Hall–Kier alpha value is -2.80. The molecule has 2 aromatic rings. The highest BCUT2D eigenvalue weighted by Gasteiger charge is 2.15. The predicted molar refractivity (Wildman–Crippen MR) is 94.2 cm³/mol. The first-order chi connectivity index (χ1) is 12.1. The summed E-state index contributed by atoms with van der Waals surface area (Å²) < 4.78 is 20.9. The molecule has 0 fully saturated rings. The zero-order valence-electron chi connectivity index (χ0n) is 13.7. The molecule has 0 aliphatic carbocycles. The van der Waals surface area contributed by atoms with Crippen LogP contribution in [-0.4, -0.2) is 33.5 Å². The maximum atomic E-state index is 12.2. The van der Waals surface area contributed by atoms with E-state index in [9.17, 15) is 4.79 Å². The fourth-order valence-corrected chi connectivity index (χ4v) is 2.57. The highest BCUT2D eigenvalue weighted by atomic mass is 35.5. The summed E-state index contributed by atoms with van der Waals surface area (Å²) in [5, 5.41) is 6.19. The van der Waals surface area contributed by atoms with Crippen LogP contribution in [0.2, 0.25) is 5.02 Å². The molecular weight excluding hydrogens is 348 g/mol. The second-order valence-electron chi connectivity index (χ2n) is 5.16. The first-order valence-electron chi connectivity index (χ1n) is 7.45. The van der Waals surface area contributed by atoms with Gasteiger partial charge in [-0.2, -0.15) is 0 Å². The topological polar surface area (TPSA) is 78.1 Å². The quantitative estimate of drug-likeness (QED) is 0.820. The Morgan fingerprint density at radius 1 is 1.12 bits per heavy atom. The van der Waals surface area contributed by atoms with Gasteiger partial charge in [-0.1, -0.05) is 11.6 Å². The Morgan fingerprint density at radius 3 is 2.64 bits per heavy atom. The molecule has 7 nitrogen and oxygen atoms in total. The molecule has 0 saturated heterocycles. The lowest BCUT2D eigenvalue weighted by molar-refractivity contribution is -0.114. The molecule has 0 radical (unpaired) electrons. The molecule has 25 heavy (non-hydrogen) atoms. The van der Waals surface area contributed by atoms with E-state index in [-0.39, 0.29) is 19.2 Å². The number of anilines is 2. The van der Waals surface area contributed by atoms with Crippen molar-refractivity contribution in [2.45, 2.75) is 0 Å². The van der Waals surface area contributed by atoms with Gasteiger partial charge in [-0.15, -0.1) is 0 Å². The van der Waals surface area contributed by atoms with Gasteiger partial charge in [-0.3, -0.25) is 4.79 Å². The summed E-state index contributed by atoms with van der Waals surface area (Å²) in [5.74, 6) is 1.98. The highest BCUT2D eigenvalue weighted by molar-refractivity contribution is 6.32. The van der Waals surface area contributed by atoms with Crippen LogP contribution in [-0.2, 0) is 4.79 Å². The van der Waals surface area contributed by atoms with Gasteiger partial charge in [0.2, 0.25) is 12.7 Å². The molecule has 1 aliphatic rings. The molecule has 0 aromatic heterocycles. The Kier molecular flexibility index (Phi) is 5.04. The van der Waals surface area contributed by atoms with Gasteiger partial charge in [-0.05, 0) is 12.1 Å². The maximum Gasteiger partial charge on any atom is 0.243 e. The van der Waals surface area contributed by atoms with Gasteiger partial charge in [0.05, 0.1) is 31.5 Å². The number of nitrogens with one attached hydrogen (secondary N) is 2. The third kappa shape index (κ3) is 3.83. The molecule has 0 atom stereocenters. The zero-order chi connectivity index (χ0) is 17.8. The van der Waals surface area contributed by atoms with Gasteiger partial charge >= 0.3 is 0 Å². The van der Waals surface area contributed by atoms with Crippen molar-refractivity contribution in [3.05, 3.63) is 35.4 Å². The summed E-state index contributed by atoms with van der Waals surface area (Å²) in [6.45, 7) is 0.269. The van der Waals surface area contributed by atoms with Crippen LogP contribution >= 0.6 is 11.6 Å². The van der Waals surface area contributed by atoms with Crippen LogP contribution in [0.5, 0.6) is 23.0 Å². The largest absolute Gasteiger partial charge is 0.495 e. The average Bonchev–Trinajstić information content (AvgIpc) is 3.08. The second-order valence-corrected chi connectivity index (χ2v) is 5.56. The molecular formula is C17H17ClN2O5. The molecule has 0 unspecified atom stereocenters. The fourth-order valence-electron chi connectivity index (χ4n) is 2.34. The lowest BCUT2D eigenvalue weighted by atomic mass is 10.2. The number of benzene rings is 2. The number of fused-ring (bicyclic) bond motifs is 1. The smallest absolute Gasteiger partial charge is 0.243 e. The van der Waals surface area contributed by atoms with Gasteiger partial charge < -0.3 is 29.6 Å². The van der Waals surface area contributed by atoms with E-state index in [2.05, 4.69) is 10.6 Å². The molecule has 0 spiro atoms. The number of amides is 1.